The molecule has 116 valence electrons. The molecule has 0 heterocycles. The maximum Gasteiger partial charge on any atom is 0.184 e. The molecule has 0 aliphatic heterocycles. The quantitative estimate of drug-likeness (QED) is 0.794. The van der Waals surface area contributed by atoms with Crippen LogP contribution in [0.4, 0.5) is 0 Å². The van der Waals surface area contributed by atoms with Gasteiger partial charge in [0.25, 0.3) is 0 Å². The van der Waals surface area contributed by atoms with Crippen LogP contribution in [0.25, 0.3) is 0 Å². The molecule has 0 radical (unpaired) electrons. The van der Waals surface area contributed by atoms with Gasteiger partial charge >= 0.3 is 0 Å². The van der Waals surface area contributed by atoms with E-state index in [2.05, 4.69) is 0 Å². The van der Waals surface area contributed by atoms with Crippen molar-refractivity contribution in [3.8, 4) is 0 Å². The smallest absolute Gasteiger partial charge is 0.184 e. The predicted molar refractivity (Wildman–Crippen MR) is 89.3 cm³/mol. The molecule has 4 heteroatoms. The SMILES string of the molecule is CCN(CCO)[C@@H](C(=O)c1ccccc1)c1ccc(Cl)cc1. The number of hydrogen-bond donors (Lipinski definition) is 1. The van der Waals surface area contributed by atoms with E-state index in [1.165, 1.54) is 0 Å². The number of carbonyl (C=O) groups excluding carboxylic acids is 1. The van der Waals surface area contributed by atoms with Gasteiger partial charge in [-0.3, -0.25) is 9.69 Å². The summed E-state index contributed by atoms with van der Waals surface area (Å²) in [6.07, 6.45) is 0. The van der Waals surface area contributed by atoms with Crippen LogP contribution in [0.1, 0.15) is 28.9 Å². The molecule has 0 saturated carbocycles. The second-order valence-corrected chi connectivity index (χ2v) is 5.47. The molecule has 0 fully saturated rings. The minimum atomic E-state index is -0.420. The van der Waals surface area contributed by atoms with E-state index in [0.29, 0.717) is 23.7 Å². The summed E-state index contributed by atoms with van der Waals surface area (Å²) >= 11 is 5.95. The number of carbonyl (C=O) groups is 1. The first kappa shape index (κ1) is 16.7. The molecule has 2 aromatic carbocycles. The number of hydrogen-bond acceptors (Lipinski definition) is 3. The highest BCUT2D eigenvalue weighted by molar-refractivity contribution is 6.30. The summed E-state index contributed by atoms with van der Waals surface area (Å²) in [5, 5.41) is 9.92. The van der Waals surface area contributed by atoms with E-state index in [-0.39, 0.29) is 12.4 Å². The second-order valence-electron chi connectivity index (χ2n) is 5.04. The van der Waals surface area contributed by atoms with Crippen molar-refractivity contribution in [1.82, 2.24) is 4.90 Å². The zero-order valence-corrected chi connectivity index (χ0v) is 13.3. The normalized spacial score (nSPS) is 12.4. The molecule has 0 spiro atoms. The number of Topliss-reactive ketones (excluding diaryl/α,β-unsaturated/α-hetero) is 1. The first-order valence-corrected chi connectivity index (χ1v) is 7.74. The van der Waals surface area contributed by atoms with Gasteiger partial charge in [0.2, 0.25) is 0 Å². The van der Waals surface area contributed by atoms with E-state index in [9.17, 15) is 9.90 Å². The Balaban J connectivity index is 2.40. The van der Waals surface area contributed by atoms with Crippen molar-refractivity contribution < 1.29 is 9.90 Å². The zero-order chi connectivity index (χ0) is 15.9. The number of benzene rings is 2. The number of halogens is 1. The van der Waals surface area contributed by atoms with Crippen molar-refractivity contribution in [2.75, 3.05) is 19.7 Å². The Labute approximate surface area is 136 Å². The van der Waals surface area contributed by atoms with Crippen molar-refractivity contribution in [3.63, 3.8) is 0 Å². The molecule has 0 amide bonds. The molecule has 0 aliphatic carbocycles. The van der Waals surface area contributed by atoms with Crippen molar-refractivity contribution in [1.29, 1.82) is 0 Å². The average molecular weight is 318 g/mol. The van der Waals surface area contributed by atoms with Crippen molar-refractivity contribution in [2.24, 2.45) is 0 Å². The van der Waals surface area contributed by atoms with Gasteiger partial charge in [0, 0.05) is 17.1 Å². The van der Waals surface area contributed by atoms with Crippen LogP contribution in [0.2, 0.25) is 5.02 Å². The molecule has 3 nitrogen and oxygen atoms in total. The summed E-state index contributed by atoms with van der Waals surface area (Å²) in [5.41, 5.74) is 1.55. The van der Waals surface area contributed by atoms with Crippen LogP contribution in [0.15, 0.2) is 54.6 Å². The Morgan fingerprint density at radius 1 is 1.14 bits per heavy atom. The van der Waals surface area contributed by atoms with Gasteiger partial charge in [-0.1, -0.05) is 61.0 Å². The third-order valence-electron chi connectivity index (χ3n) is 3.65. The number of nitrogens with zero attached hydrogens (tertiary/aromatic N) is 1. The monoisotopic (exact) mass is 317 g/mol. The average Bonchev–Trinajstić information content (AvgIpc) is 2.56. The molecule has 0 bridgehead atoms. The molecule has 22 heavy (non-hydrogen) atoms. The van der Waals surface area contributed by atoms with E-state index in [4.69, 9.17) is 11.6 Å². The first-order valence-electron chi connectivity index (χ1n) is 7.37. The van der Waals surface area contributed by atoms with Crippen LogP contribution in [-0.4, -0.2) is 35.5 Å². The van der Waals surface area contributed by atoms with Gasteiger partial charge in [-0.05, 0) is 24.2 Å². The van der Waals surface area contributed by atoms with E-state index < -0.39 is 6.04 Å². The molecule has 2 aromatic rings. The largest absolute Gasteiger partial charge is 0.395 e. The fourth-order valence-corrected chi connectivity index (χ4v) is 2.66. The lowest BCUT2D eigenvalue weighted by Crippen LogP contribution is -2.36. The molecule has 0 aromatic heterocycles. The van der Waals surface area contributed by atoms with Crippen LogP contribution < -0.4 is 0 Å². The van der Waals surface area contributed by atoms with E-state index in [1.54, 1.807) is 12.1 Å². The molecule has 1 N–H and O–H groups in total. The summed E-state index contributed by atoms with van der Waals surface area (Å²) in [4.78, 5) is 14.9. The number of aliphatic hydroxyl groups excluding tert-OH is 1. The standard InChI is InChI=1S/C18H20ClNO2/c1-2-20(12-13-21)17(14-8-10-16(19)11-9-14)18(22)15-6-4-3-5-7-15/h3-11,17,21H,2,12-13H2,1H3/t17-/m1/s1. The molecular formula is C18H20ClNO2. The summed E-state index contributed by atoms with van der Waals surface area (Å²) < 4.78 is 0. The van der Waals surface area contributed by atoms with E-state index in [1.807, 2.05) is 54.3 Å². The van der Waals surface area contributed by atoms with Crippen molar-refractivity contribution in [3.05, 3.63) is 70.7 Å². The third kappa shape index (κ3) is 3.95. The molecule has 0 unspecified atom stereocenters. The third-order valence-corrected chi connectivity index (χ3v) is 3.90. The summed E-state index contributed by atoms with van der Waals surface area (Å²) in [7, 11) is 0. The Bertz CT molecular complexity index is 598. The highest BCUT2D eigenvalue weighted by atomic mass is 35.5. The maximum atomic E-state index is 12.9. The number of rotatable bonds is 7. The highest BCUT2D eigenvalue weighted by Gasteiger charge is 2.27. The van der Waals surface area contributed by atoms with Gasteiger partial charge in [-0.25, -0.2) is 0 Å². The molecular weight excluding hydrogens is 298 g/mol. The molecule has 0 aliphatic rings. The van der Waals surface area contributed by atoms with Crippen molar-refractivity contribution in [2.45, 2.75) is 13.0 Å². The van der Waals surface area contributed by atoms with E-state index >= 15 is 0 Å². The lowest BCUT2D eigenvalue weighted by molar-refractivity contribution is 0.0793. The molecule has 2 rings (SSSR count). The number of ketones is 1. The van der Waals surface area contributed by atoms with Crippen molar-refractivity contribution >= 4 is 17.4 Å². The summed E-state index contributed by atoms with van der Waals surface area (Å²) in [6, 6.07) is 16.1. The molecule has 1 atom stereocenters. The van der Waals surface area contributed by atoms with Crippen LogP contribution in [-0.2, 0) is 0 Å². The fraction of sp³-hybridized carbons (Fsp3) is 0.278. The first-order chi connectivity index (χ1) is 10.7. The summed E-state index contributed by atoms with van der Waals surface area (Å²) in [6.45, 7) is 3.12. The van der Waals surface area contributed by atoms with Crippen LogP contribution in [0, 0.1) is 0 Å². The predicted octanol–water partition coefficient (Wildman–Crippen LogP) is 3.58. The Morgan fingerprint density at radius 2 is 1.77 bits per heavy atom. The van der Waals surface area contributed by atoms with Gasteiger partial charge in [-0.2, -0.15) is 0 Å². The second kappa shape index (κ2) is 8.08. The van der Waals surface area contributed by atoms with Gasteiger partial charge in [0.1, 0.15) is 0 Å². The zero-order valence-electron chi connectivity index (χ0n) is 12.6. The van der Waals surface area contributed by atoms with E-state index in [0.717, 1.165) is 5.56 Å². The minimum absolute atomic E-state index is 0.0139. The number of likely N-dealkylation sites (N-methyl/N-ethyl adjacent to an activating group) is 1. The molecule has 0 saturated heterocycles. The van der Waals surface area contributed by atoms with Gasteiger partial charge in [0.05, 0.1) is 12.6 Å². The lowest BCUT2D eigenvalue weighted by Gasteiger charge is -2.29. The minimum Gasteiger partial charge on any atom is -0.395 e. The Hall–Kier alpha value is -1.68. The number of aliphatic hydroxyl groups is 1. The lowest BCUT2D eigenvalue weighted by atomic mass is 9.96. The highest BCUT2D eigenvalue weighted by Crippen LogP contribution is 2.26. The Kier molecular flexibility index (Phi) is 6.13. The Morgan fingerprint density at radius 3 is 2.32 bits per heavy atom. The van der Waals surface area contributed by atoms with Crippen LogP contribution >= 0.6 is 11.6 Å². The topological polar surface area (TPSA) is 40.5 Å². The fourth-order valence-electron chi connectivity index (χ4n) is 2.53. The van der Waals surface area contributed by atoms with Gasteiger partial charge in [-0.15, -0.1) is 0 Å². The summed E-state index contributed by atoms with van der Waals surface area (Å²) in [5.74, 6) is 0.0261. The van der Waals surface area contributed by atoms with Crippen LogP contribution in [0.3, 0.4) is 0 Å². The maximum absolute atomic E-state index is 12.9. The van der Waals surface area contributed by atoms with Gasteiger partial charge < -0.3 is 5.11 Å². The van der Waals surface area contributed by atoms with Gasteiger partial charge in [0.15, 0.2) is 5.78 Å². The van der Waals surface area contributed by atoms with Crippen LogP contribution in [0.5, 0.6) is 0 Å².